The Morgan fingerprint density at radius 2 is 1.87 bits per heavy atom. The summed E-state index contributed by atoms with van der Waals surface area (Å²) in [4.78, 5) is 16.5. The van der Waals surface area contributed by atoms with E-state index >= 15 is 0 Å². The normalized spacial score (nSPS) is 11.3. The first-order chi connectivity index (χ1) is 14.4. The summed E-state index contributed by atoms with van der Waals surface area (Å²) in [7, 11) is -4.01. The molecule has 0 saturated heterocycles. The molecular weight excluding hydrogens is 447 g/mol. The van der Waals surface area contributed by atoms with Gasteiger partial charge in [0.2, 0.25) is 5.91 Å². The lowest BCUT2D eigenvalue weighted by molar-refractivity contribution is -0.119. The molecule has 0 aliphatic rings. The molecule has 7 nitrogen and oxygen atoms in total. The Balaban J connectivity index is 1.74. The molecule has 0 spiro atoms. The fourth-order valence-corrected chi connectivity index (χ4v) is 4.50. The number of anilines is 1. The van der Waals surface area contributed by atoms with Gasteiger partial charge in [-0.2, -0.15) is 0 Å². The van der Waals surface area contributed by atoms with Crippen molar-refractivity contribution in [3.05, 3.63) is 77.3 Å². The summed E-state index contributed by atoms with van der Waals surface area (Å²) in [5, 5.41) is 3.54. The van der Waals surface area contributed by atoms with Gasteiger partial charge in [0, 0.05) is 35.5 Å². The molecule has 158 valence electrons. The quantitative estimate of drug-likeness (QED) is 0.488. The van der Waals surface area contributed by atoms with E-state index in [0.29, 0.717) is 35.2 Å². The maximum atomic E-state index is 13.2. The summed E-state index contributed by atoms with van der Waals surface area (Å²) in [6, 6.07) is 12.1. The molecule has 0 atom stereocenters. The zero-order chi connectivity index (χ0) is 21.6. The number of hydrogen-bond donors (Lipinski definition) is 1. The molecule has 0 fully saturated rings. The lowest BCUT2D eigenvalue weighted by Gasteiger charge is -2.24. The van der Waals surface area contributed by atoms with Crippen molar-refractivity contribution in [3.63, 3.8) is 0 Å². The van der Waals surface area contributed by atoms with Gasteiger partial charge in [-0.25, -0.2) is 13.4 Å². The number of benzene rings is 2. The van der Waals surface area contributed by atoms with Crippen molar-refractivity contribution < 1.29 is 13.2 Å². The third-order valence-corrected chi connectivity index (χ3v) is 6.53. The second-order valence-corrected chi connectivity index (χ2v) is 9.18. The summed E-state index contributed by atoms with van der Waals surface area (Å²) in [5.74, 6) is -0.418. The van der Waals surface area contributed by atoms with Gasteiger partial charge in [0.05, 0.1) is 16.9 Å². The first kappa shape index (κ1) is 22.1. The number of nitrogens with zero attached hydrogens (tertiary/aromatic N) is 3. The number of carbonyl (C=O) groups is 1. The molecule has 3 rings (SSSR count). The van der Waals surface area contributed by atoms with E-state index in [4.69, 9.17) is 23.2 Å². The van der Waals surface area contributed by atoms with E-state index in [1.165, 1.54) is 30.3 Å². The van der Waals surface area contributed by atoms with E-state index in [1.807, 2.05) is 10.8 Å². The van der Waals surface area contributed by atoms with Gasteiger partial charge in [-0.05, 0) is 48.9 Å². The molecule has 2 aromatic carbocycles. The van der Waals surface area contributed by atoms with Gasteiger partial charge in [-0.15, -0.1) is 0 Å². The van der Waals surface area contributed by atoms with E-state index in [9.17, 15) is 13.2 Å². The second-order valence-electron chi connectivity index (χ2n) is 6.45. The van der Waals surface area contributed by atoms with Crippen LogP contribution in [0, 0.1) is 0 Å². The molecule has 30 heavy (non-hydrogen) atoms. The SMILES string of the molecule is O=C(CN(c1cccc(Cl)c1)S(=O)(=O)c1ccc(Cl)cc1)NCCCn1ccnc1. The van der Waals surface area contributed by atoms with Gasteiger partial charge in [-0.1, -0.05) is 29.3 Å². The minimum Gasteiger partial charge on any atom is -0.354 e. The molecule has 0 bridgehead atoms. The van der Waals surface area contributed by atoms with Crippen LogP contribution in [0.5, 0.6) is 0 Å². The van der Waals surface area contributed by atoms with Crippen molar-refractivity contribution in [2.45, 2.75) is 17.9 Å². The highest BCUT2D eigenvalue weighted by molar-refractivity contribution is 7.92. The average Bonchev–Trinajstić information content (AvgIpc) is 3.23. The van der Waals surface area contributed by atoms with Crippen molar-refractivity contribution >= 4 is 44.8 Å². The Hall–Kier alpha value is -2.55. The molecule has 10 heteroatoms. The van der Waals surface area contributed by atoms with Crippen LogP contribution < -0.4 is 9.62 Å². The molecule has 0 unspecified atom stereocenters. The van der Waals surface area contributed by atoms with Crippen LogP contribution in [0.1, 0.15) is 6.42 Å². The largest absolute Gasteiger partial charge is 0.354 e. The van der Waals surface area contributed by atoms with Crippen LogP contribution in [0.25, 0.3) is 0 Å². The van der Waals surface area contributed by atoms with Crippen molar-refractivity contribution in [1.29, 1.82) is 0 Å². The van der Waals surface area contributed by atoms with Gasteiger partial charge in [0.15, 0.2) is 0 Å². The summed E-state index contributed by atoms with van der Waals surface area (Å²) in [6.07, 6.45) is 5.90. The fraction of sp³-hybridized carbons (Fsp3) is 0.200. The van der Waals surface area contributed by atoms with Crippen molar-refractivity contribution in [1.82, 2.24) is 14.9 Å². The fourth-order valence-electron chi connectivity index (χ4n) is 2.77. The Morgan fingerprint density at radius 1 is 1.10 bits per heavy atom. The predicted molar refractivity (Wildman–Crippen MR) is 117 cm³/mol. The molecule has 1 N–H and O–H groups in total. The number of rotatable bonds is 9. The van der Waals surface area contributed by atoms with Crippen molar-refractivity contribution in [3.8, 4) is 0 Å². The number of amides is 1. The van der Waals surface area contributed by atoms with Crippen LogP contribution in [0.15, 0.2) is 72.1 Å². The molecular formula is C20H20Cl2N4O3S. The maximum Gasteiger partial charge on any atom is 0.264 e. The number of hydrogen-bond acceptors (Lipinski definition) is 4. The molecule has 0 radical (unpaired) electrons. The highest BCUT2D eigenvalue weighted by atomic mass is 35.5. The summed E-state index contributed by atoms with van der Waals surface area (Å²) >= 11 is 11.9. The molecule has 3 aromatic rings. The van der Waals surface area contributed by atoms with E-state index in [0.717, 1.165) is 4.31 Å². The molecule has 1 amide bonds. The minimum atomic E-state index is -4.01. The van der Waals surface area contributed by atoms with E-state index in [2.05, 4.69) is 10.3 Å². The Morgan fingerprint density at radius 3 is 2.53 bits per heavy atom. The highest BCUT2D eigenvalue weighted by Gasteiger charge is 2.27. The standard InChI is InChI=1S/C20H20Cl2N4O3S/c21-16-5-7-19(8-6-16)30(28,29)26(18-4-1-3-17(22)13-18)14-20(27)24-9-2-11-25-12-10-23-15-25/h1,3-8,10,12-13,15H,2,9,11,14H2,(H,24,27). The van der Waals surface area contributed by atoms with E-state index < -0.39 is 15.9 Å². The molecule has 0 aliphatic heterocycles. The molecule has 0 aliphatic carbocycles. The van der Waals surface area contributed by atoms with Crippen LogP contribution in [0.3, 0.4) is 0 Å². The maximum absolute atomic E-state index is 13.2. The van der Waals surface area contributed by atoms with Gasteiger partial charge in [0.1, 0.15) is 6.54 Å². The minimum absolute atomic E-state index is 0.0276. The molecule has 1 aromatic heterocycles. The Labute approximate surface area is 185 Å². The van der Waals surface area contributed by atoms with Crippen LogP contribution in [0.4, 0.5) is 5.69 Å². The van der Waals surface area contributed by atoms with E-state index in [1.54, 1.807) is 30.7 Å². The topological polar surface area (TPSA) is 84.3 Å². The van der Waals surface area contributed by atoms with Gasteiger partial charge >= 0.3 is 0 Å². The number of halogens is 2. The van der Waals surface area contributed by atoms with Crippen molar-refractivity contribution in [2.24, 2.45) is 0 Å². The highest BCUT2D eigenvalue weighted by Crippen LogP contribution is 2.26. The number of carbonyl (C=O) groups excluding carboxylic acids is 1. The molecule has 0 saturated carbocycles. The smallest absolute Gasteiger partial charge is 0.264 e. The monoisotopic (exact) mass is 466 g/mol. The van der Waals surface area contributed by atoms with Crippen LogP contribution in [-0.4, -0.2) is 37.0 Å². The average molecular weight is 467 g/mol. The number of nitrogens with one attached hydrogen (secondary N) is 1. The number of imidazole rings is 1. The Bertz CT molecular complexity index is 1090. The summed E-state index contributed by atoms with van der Waals surface area (Å²) in [5.41, 5.74) is 0.297. The zero-order valence-electron chi connectivity index (χ0n) is 15.9. The Kier molecular flexibility index (Phi) is 7.36. The van der Waals surface area contributed by atoms with E-state index in [-0.39, 0.29) is 11.4 Å². The summed E-state index contributed by atoms with van der Waals surface area (Å²) in [6.45, 7) is 0.721. The number of sulfonamides is 1. The molecule has 1 heterocycles. The second kappa shape index (κ2) is 9.97. The lowest BCUT2D eigenvalue weighted by Crippen LogP contribution is -2.41. The van der Waals surface area contributed by atoms with Crippen LogP contribution in [-0.2, 0) is 21.4 Å². The van der Waals surface area contributed by atoms with Gasteiger partial charge in [0.25, 0.3) is 10.0 Å². The first-order valence-corrected chi connectivity index (χ1v) is 11.3. The number of aromatic nitrogens is 2. The third-order valence-electron chi connectivity index (χ3n) is 4.26. The zero-order valence-corrected chi connectivity index (χ0v) is 18.2. The van der Waals surface area contributed by atoms with Crippen molar-refractivity contribution in [2.75, 3.05) is 17.4 Å². The van der Waals surface area contributed by atoms with Gasteiger partial charge in [-0.3, -0.25) is 9.10 Å². The lowest BCUT2D eigenvalue weighted by atomic mass is 10.3. The predicted octanol–water partition coefficient (Wildman–Crippen LogP) is 3.59. The number of aryl methyl sites for hydroxylation is 1. The summed E-state index contributed by atoms with van der Waals surface area (Å²) < 4.78 is 29.4. The van der Waals surface area contributed by atoms with Gasteiger partial charge < -0.3 is 9.88 Å². The van der Waals surface area contributed by atoms with Crippen LogP contribution >= 0.6 is 23.2 Å². The first-order valence-electron chi connectivity index (χ1n) is 9.12. The van der Waals surface area contributed by atoms with Crippen LogP contribution in [0.2, 0.25) is 10.0 Å². The third kappa shape index (κ3) is 5.75.